The lowest BCUT2D eigenvalue weighted by Crippen LogP contribution is -2.53. The molecule has 0 atom stereocenters. The number of aliphatic imine (C=N–C) groups is 1. The SMILES string of the molecule is CN=C(NCCc1csc(C)n1)N1CCN(c2ccccc2F)CC1. The summed E-state index contributed by atoms with van der Waals surface area (Å²) in [5.41, 5.74) is 1.80. The molecule has 2 aromatic rings. The highest BCUT2D eigenvalue weighted by Crippen LogP contribution is 2.20. The van der Waals surface area contributed by atoms with Crippen LogP contribution in [0.15, 0.2) is 34.6 Å². The zero-order valence-electron chi connectivity index (χ0n) is 14.7. The highest BCUT2D eigenvalue weighted by molar-refractivity contribution is 7.09. The number of rotatable bonds is 4. The number of para-hydroxylation sites is 1. The van der Waals surface area contributed by atoms with E-state index in [0.717, 1.165) is 55.8 Å². The van der Waals surface area contributed by atoms with Crippen LogP contribution in [0.4, 0.5) is 10.1 Å². The van der Waals surface area contributed by atoms with E-state index in [0.29, 0.717) is 5.69 Å². The molecule has 1 N–H and O–H groups in total. The van der Waals surface area contributed by atoms with Crippen molar-refractivity contribution in [2.24, 2.45) is 4.99 Å². The molecule has 0 aliphatic carbocycles. The molecule has 0 spiro atoms. The number of thiazole rings is 1. The number of hydrogen-bond donors (Lipinski definition) is 1. The molecule has 1 aliphatic rings. The van der Waals surface area contributed by atoms with E-state index >= 15 is 0 Å². The summed E-state index contributed by atoms with van der Waals surface area (Å²) >= 11 is 1.68. The van der Waals surface area contributed by atoms with E-state index in [2.05, 4.69) is 30.5 Å². The van der Waals surface area contributed by atoms with Gasteiger partial charge in [-0.3, -0.25) is 4.99 Å². The third-order valence-corrected chi connectivity index (χ3v) is 5.14. The Morgan fingerprint density at radius 1 is 1.28 bits per heavy atom. The van der Waals surface area contributed by atoms with Gasteiger partial charge in [0.25, 0.3) is 0 Å². The van der Waals surface area contributed by atoms with Crippen LogP contribution in [-0.2, 0) is 6.42 Å². The van der Waals surface area contributed by atoms with Crippen LogP contribution in [0, 0.1) is 12.7 Å². The van der Waals surface area contributed by atoms with Crippen molar-refractivity contribution in [2.75, 3.05) is 44.7 Å². The summed E-state index contributed by atoms with van der Waals surface area (Å²) in [6.07, 6.45) is 0.887. The molecule has 1 aliphatic heterocycles. The third kappa shape index (κ3) is 4.48. The standard InChI is InChI=1S/C18H24FN5S/c1-14-22-15(13-25-14)7-8-21-18(20-2)24-11-9-23(10-12-24)17-6-4-3-5-16(17)19/h3-6,13H,7-12H2,1-2H3,(H,20,21). The maximum Gasteiger partial charge on any atom is 0.193 e. The van der Waals surface area contributed by atoms with Crippen LogP contribution in [0.2, 0.25) is 0 Å². The first-order valence-corrected chi connectivity index (χ1v) is 9.41. The number of nitrogens with one attached hydrogen (secondary N) is 1. The van der Waals surface area contributed by atoms with Crippen molar-refractivity contribution in [1.29, 1.82) is 0 Å². The molecule has 134 valence electrons. The average molecular weight is 361 g/mol. The molecule has 0 unspecified atom stereocenters. The Labute approximate surface area is 152 Å². The van der Waals surface area contributed by atoms with Crippen molar-refractivity contribution < 1.29 is 4.39 Å². The first kappa shape index (κ1) is 17.7. The van der Waals surface area contributed by atoms with Gasteiger partial charge in [0.05, 0.1) is 16.4 Å². The van der Waals surface area contributed by atoms with Crippen molar-refractivity contribution in [3.8, 4) is 0 Å². The van der Waals surface area contributed by atoms with Gasteiger partial charge in [0.1, 0.15) is 5.82 Å². The quantitative estimate of drug-likeness (QED) is 0.671. The van der Waals surface area contributed by atoms with Gasteiger partial charge in [0.2, 0.25) is 0 Å². The number of halogens is 1. The minimum Gasteiger partial charge on any atom is -0.366 e. The maximum atomic E-state index is 13.9. The van der Waals surface area contributed by atoms with E-state index in [1.54, 1.807) is 24.5 Å². The molecule has 1 aromatic carbocycles. The summed E-state index contributed by atoms with van der Waals surface area (Å²) in [7, 11) is 1.80. The lowest BCUT2D eigenvalue weighted by molar-refractivity contribution is 0.371. The fourth-order valence-electron chi connectivity index (χ4n) is 3.03. The van der Waals surface area contributed by atoms with Crippen LogP contribution in [0.5, 0.6) is 0 Å². The van der Waals surface area contributed by atoms with Gasteiger partial charge in [-0.2, -0.15) is 0 Å². The number of anilines is 1. The number of aromatic nitrogens is 1. The summed E-state index contributed by atoms with van der Waals surface area (Å²) in [5.74, 6) is 0.747. The van der Waals surface area contributed by atoms with E-state index < -0.39 is 0 Å². The molecule has 0 amide bonds. The van der Waals surface area contributed by atoms with Crippen LogP contribution >= 0.6 is 11.3 Å². The number of guanidine groups is 1. The Bertz CT molecular complexity index is 722. The number of aryl methyl sites for hydroxylation is 1. The smallest absolute Gasteiger partial charge is 0.193 e. The van der Waals surface area contributed by atoms with E-state index in [9.17, 15) is 4.39 Å². The fraction of sp³-hybridized carbons (Fsp3) is 0.444. The lowest BCUT2D eigenvalue weighted by atomic mass is 10.2. The normalized spacial score (nSPS) is 15.6. The molecule has 5 nitrogen and oxygen atoms in total. The number of piperazine rings is 1. The summed E-state index contributed by atoms with van der Waals surface area (Å²) < 4.78 is 13.9. The van der Waals surface area contributed by atoms with Crippen LogP contribution in [-0.4, -0.2) is 55.6 Å². The minimum atomic E-state index is -0.156. The van der Waals surface area contributed by atoms with Gasteiger partial charge >= 0.3 is 0 Å². The molecular weight excluding hydrogens is 337 g/mol. The Hall–Kier alpha value is -2.15. The maximum absolute atomic E-state index is 13.9. The first-order valence-electron chi connectivity index (χ1n) is 8.53. The topological polar surface area (TPSA) is 43.8 Å². The minimum absolute atomic E-state index is 0.156. The molecule has 3 rings (SSSR count). The van der Waals surface area contributed by atoms with Crippen molar-refractivity contribution in [3.63, 3.8) is 0 Å². The van der Waals surface area contributed by atoms with Gasteiger partial charge in [0.15, 0.2) is 5.96 Å². The Kier molecular flexibility index (Phi) is 5.86. The largest absolute Gasteiger partial charge is 0.366 e. The van der Waals surface area contributed by atoms with Crippen molar-refractivity contribution in [1.82, 2.24) is 15.2 Å². The van der Waals surface area contributed by atoms with Gasteiger partial charge in [0, 0.05) is 51.6 Å². The second-order valence-corrected chi connectivity index (χ2v) is 7.07. The zero-order chi connectivity index (χ0) is 17.6. The zero-order valence-corrected chi connectivity index (χ0v) is 15.5. The van der Waals surface area contributed by atoms with E-state index in [1.165, 1.54) is 6.07 Å². The lowest BCUT2D eigenvalue weighted by Gasteiger charge is -2.37. The summed E-state index contributed by atoms with van der Waals surface area (Å²) in [6.45, 7) is 6.05. The second kappa shape index (κ2) is 8.29. The van der Waals surface area contributed by atoms with Crippen LogP contribution in [0.3, 0.4) is 0 Å². The Morgan fingerprint density at radius 2 is 2.04 bits per heavy atom. The summed E-state index contributed by atoms with van der Waals surface area (Å²) in [5, 5.41) is 6.62. The first-order chi connectivity index (χ1) is 12.2. The predicted octanol–water partition coefficient (Wildman–Crippen LogP) is 2.53. The van der Waals surface area contributed by atoms with Gasteiger partial charge in [-0.25, -0.2) is 9.37 Å². The Balaban J connectivity index is 1.49. The van der Waals surface area contributed by atoms with Crippen molar-refractivity contribution >= 4 is 23.0 Å². The third-order valence-electron chi connectivity index (χ3n) is 4.31. The second-order valence-electron chi connectivity index (χ2n) is 6.01. The number of nitrogens with zero attached hydrogens (tertiary/aromatic N) is 4. The highest BCUT2D eigenvalue weighted by Gasteiger charge is 2.21. The average Bonchev–Trinajstić information content (AvgIpc) is 3.05. The molecule has 0 saturated carbocycles. The number of benzene rings is 1. The van der Waals surface area contributed by atoms with E-state index in [4.69, 9.17) is 0 Å². The van der Waals surface area contributed by atoms with Crippen LogP contribution in [0.1, 0.15) is 10.7 Å². The fourth-order valence-corrected chi connectivity index (χ4v) is 3.67. The summed E-state index contributed by atoms with van der Waals surface area (Å²) in [4.78, 5) is 13.2. The van der Waals surface area contributed by atoms with E-state index in [1.807, 2.05) is 19.1 Å². The molecule has 0 bridgehead atoms. The molecule has 0 radical (unpaired) electrons. The van der Waals surface area contributed by atoms with Crippen molar-refractivity contribution in [3.05, 3.63) is 46.2 Å². The van der Waals surface area contributed by atoms with Crippen LogP contribution in [0.25, 0.3) is 0 Å². The molecular formula is C18H24FN5S. The number of hydrogen-bond acceptors (Lipinski definition) is 4. The van der Waals surface area contributed by atoms with Gasteiger partial charge in [-0.05, 0) is 19.1 Å². The monoisotopic (exact) mass is 361 g/mol. The highest BCUT2D eigenvalue weighted by atomic mass is 32.1. The Morgan fingerprint density at radius 3 is 2.68 bits per heavy atom. The molecule has 1 saturated heterocycles. The summed E-state index contributed by atoms with van der Waals surface area (Å²) in [6, 6.07) is 6.96. The van der Waals surface area contributed by atoms with Crippen LogP contribution < -0.4 is 10.2 Å². The molecule has 7 heteroatoms. The molecule has 2 heterocycles. The molecule has 1 aromatic heterocycles. The van der Waals surface area contributed by atoms with Gasteiger partial charge in [-0.15, -0.1) is 11.3 Å². The van der Waals surface area contributed by atoms with Gasteiger partial charge in [-0.1, -0.05) is 12.1 Å². The van der Waals surface area contributed by atoms with Crippen molar-refractivity contribution in [2.45, 2.75) is 13.3 Å². The van der Waals surface area contributed by atoms with E-state index in [-0.39, 0.29) is 5.82 Å². The predicted molar refractivity (Wildman–Crippen MR) is 102 cm³/mol. The van der Waals surface area contributed by atoms with Gasteiger partial charge < -0.3 is 15.1 Å². The molecule has 25 heavy (non-hydrogen) atoms. The molecule has 1 fully saturated rings.